The Hall–Kier alpha value is -5.34. The van der Waals surface area contributed by atoms with Crippen LogP contribution in [0.15, 0.2) is 146 Å². The fourth-order valence-corrected chi connectivity index (χ4v) is 6.69. The van der Waals surface area contributed by atoms with E-state index in [0.29, 0.717) is 0 Å². The summed E-state index contributed by atoms with van der Waals surface area (Å²) in [5, 5.41) is 7.64. The van der Waals surface area contributed by atoms with E-state index in [0.717, 1.165) is 0 Å². The van der Waals surface area contributed by atoms with Gasteiger partial charge >= 0.3 is 0 Å². The molecule has 0 radical (unpaired) electrons. The third kappa shape index (κ3) is 2.93. The minimum absolute atomic E-state index is 1.17. The molecule has 0 fully saturated rings. The van der Waals surface area contributed by atoms with Gasteiger partial charge in [-0.1, -0.05) is 97.1 Å². The molecular formula is C38H24N2. The molecule has 0 aliphatic carbocycles. The highest BCUT2D eigenvalue weighted by Gasteiger charge is 2.17. The zero-order chi connectivity index (χ0) is 26.2. The number of nitrogens with zero attached hydrogens (tertiary/aromatic N) is 2. The molecule has 40 heavy (non-hydrogen) atoms. The van der Waals surface area contributed by atoms with Gasteiger partial charge in [0.15, 0.2) is 0 Å². The molecule has 0 amide bonds. The second-order valence-electron chi connectivity index (χ2n) is 10.6. The Morgan fingerprint density at radius 2 is 0.975 bits per heavy atom. The fourth-order valence-electron chi connectivity index (χ4n) is 6.69. The lowest BCUT2D eigenvalue weighted by atomic mass is 10.0. The van der Waals surface area contributed by atoms with Gasteiger partial charge in [0, 0.05) is 32.6 Å². The highest BCUT2D eigenvalue weighted by Crippen LogP contribution is 2.40. The standard InChI is InChI=1S/C38H24N2/c1-2-11-25(12-3-1)26-14-10-15-28(21-26)39-35-19-8-6-17-30(35)32-23-33-31(24-38(32)39)29-16-5-9-20-36(29)40-34-18-7-4-13-27(34)22-37(33)40/h1-24H. The Labute approximate surface area is 230 Å². The van der Waals surface area contributed by atoms with Crippen LogP contribution in [0.5, 0.6) is 0 Å². The van der Waals surface area contributed by atoms with Gasteiger partial charge in [0.25, 0.3) is 0 Å². The van der Waals surface area contributed by atoms with E-state index < -0.39 is 0 Å². The van der Waals surface area contributed by atoms with Crippen LogP contribution in [0.4, 0.5) is 0 Å². The van der Waals surface area contributed by atoms with Gasteiger partial charge in [0.2, 0.25) is 0 Å². The number of benzene rings is 6. The third-order valence-corrected chi connectivity index (χ3v) is 8.45. The Morgan fingerprint density at radius 3 is 1.82 bits per heavy atom. The number of hydrogen-bond acceptors (Lipinski definition) is 0. The first-order valence-corrected chi connectivity index (χ1v) is 13.8. The molecule has 0 aliphatic rings. The average Bonchev–Trinajstić information content (AvgIpc) is 3.57. The molecule has 0 aliphatic heterocycles. The molecule has 2 heteroatoms. The molecule has 9 rings (SSSR count). The summed E-state index contributed by atoms with van der Waals surface area (Å²) in [6, 6.07) is 53.0. The van der Waals surface area contributed by atoms with Crippen molar-refractivity contribution in [1.29, 1.82) is 0 Å². The van der Waals surface area contributed by atoms with E-state index in [2.05, 4.69) is 155 Å². The van der Waals surface area contributed by atoms with E-state index in [1.165, 1.54) is 76.7 Å². The molecule has 2 nitrogen and oxygen atoms in total. The lowest BCUT2D eigenvalue weighted by Gasteiger charge is -2.13. The molecule has 0 atom stereocenters. The maximum Gasteiger partial charge on any atom is 0.0547 e. The van der Waals surface area contributed by atoms with Crippen LogP contribution in [0.3, 0.4) is 0 Å². The molecule has 0 bridgehead atoms. The van der Waals surface area contributed by atoms with Crippen LogP contribution >= 0.6 is 0 Å². The molecule has 3 aromatic heterocycles. The topological polar surface area (TPSA) is 9.34 Å². The van der Waals surface area contributed by atoms with Crippen molar-refractivity contribution in [2.24, 2.45) is 0 Å². The second kappa shape index (κ2) is 8.08. The van der Waals surface area contributed by atoms with Crippen molar-refractivity contribution in [3.8, 4) is 16.8 Å². The number of aromatic nitrogens is 2. The number of pyridine rings is 1. The number of rotatable bonds is 2. The molecule has 186 valence electrons. The zero-order valence-corrected chi connectivity index (χ0v) is 21.8. The van der Waals surface area contributed by atoms with Crippen molar-refractivity contribution in [3.05, 3.63) is 146 Å². The zero-order valence-electron chi connectivity index (χ0n) is 21.8. The van der Waals surface area contributed by atoms with Gasteiger partial charge in [-0.15, -0.1) is 0 Å². The SMILES string of the molecule is c1ccc(-c2cccc(-n3c4ccccc4c4cc5c(cc43)c3ccccc3n3c4ccccc4cc53)c2)cc1. The fraction of sp³-hybridized carbons (Fsp3) is 0. The van der Waals surface area contributed by atoms with Crippen LogP contribution < -0.4 is 0 Å². The molecule has 0 unspecified atom stereocenters. The summed E-state index contributed by atoms with van der Waals surface area (Å²) in [7, 11) is 0. The van der Waals surface area contributed by atoms with E-state index in [-0.39, 0.29) is 0 Å². The van der Waals surface area contributed by atoms with E-state index in [1.807, 2.05) is 0 Å². The quantitative estimate of drug-likeness (QED) is 0.206. The summed E-state index contributed by atoms with van der Waals surface area (Å²) in [5.41, 5.74) is 9.80. The van der Waals surface area contributed by atoms with Gasteiger partial charge in [0.1, 0.15) is 0 Å². The van der Waals surface area contributed by atoms with E-state index >= 15 is 0 Å². The Morgan fingerprint density at radius 1 is 0.325 bits per heavy atom. The first-order valence-electron chi connectivity index (χ1n) is 13.8. The van der Waals surface area contributed by atoms with Crippen molar-refractivity contribution < 1.29 is 0 Å². The minimum atomic E-state index is 1.17. The van der Waals surface area contributed by atoms with E-state index in [1.54, 1.807) is 0 Å². The molecule has 0 N–H and O–H groups in total. The van der Waals surface area contributed by atoms with Crippen molar-refractivity contribution in [1.82, 2.24) is 8.97 Å². The molecule has 9 aromatic rings. The summed E-state index contributed by atoms with van der Waals surface area (Å²) in [5.74, 6) is 0. The summed E-state index contributed by atoms with van der Waals surface area (Å²) in [6.45, 7) is 0. The third-order valence-electron chi connectivity index (χ3n) is 8.45. The van der Waals surface area contributed by atoms with Gasteiger partial charge in [-0.25, -0.2) is 0 Å². The molecule has 3 heterocycles. The monoisotopic (exact) mass is 508 g/mol. The van der Waals surface area contributed by atoms with Gasteiger partial charge in [-0.3, -0.25) is 0 Å². The first kappa shape index (κ1) is 21.6. The van der Waals surface area contributed by atoms with Crippen molar-refractivity contribution in [3.63, 3.8) is 0 Å². The normalized spacial score (nSPS) is 12.0. The Balaban J connectivity index is 1.45. The van der Waals surface area contributed by atoms with Gasteiger partial charge < -0.3 is 8.97 Å². The second-order valence-corrected chi connectivity index (χ2v) is 10.6. The highest BCUT2D eigenvalue weighted by atomic mass is 15.0. The molecule has 0 saturated carbocycles. The van der Waals surface area contributed by atoms with Gasteiger partial charge in [0.05, 0.1) is 27.6 Å². The maximum absolute atomic E-state index is 2.43. The first-order chi connectivity index (χ1) is 19.8. The van der Waals surface area contributed by atoms with Crippen LogP contribution in [0, 0.1) is 0 Å². The Bertz CT molecular complexity index is 2420. The smallest absolute Gasteiger partial charge is 0.0547 e. The predicted molar refractivity (Wildman–Crippen MR) is 170 cm³/mol. The van der Waals surface area contributed by atoms with Crippen LogP contribution in [-0.2, 0) is 0 Å². The van der Waals surface area contributed by atoms with Crippen LogP contribution in [0.25, 0.3) is 76.7 Å². The summed E-state index contributed by atoms with van der Waals surface area (Å²) < 4.78 is 4.87. The largest absolute Gasteiger partial charge is 0.309 e. The number of fused-ring (bicyclic) bond motifs is 11. The molecular weight excluding hydrogens is 484 g/mol. The Kier molecular flexibility index (Phi) is 4.36. The van der Waals surface area contributed by atoms with Crippen LogP contribution in [-0.4, -0.2) is 8.97 Å². The lowest BCUT2D eigenvalue weighted by molar-refractivity contribution is 1.18. The molecule has 6 aromatic carbocycles. The summed E-state index contributed by atoms with van der Waals surface area (Å²) in [6.07, 6.45) is 0. The molecule has 0 saturated heterocycles. The van der Waals surface area contributed by atoms with Gasteiger partial charge in [-0.2, -0.15) is 0 Å². The van der Waals surface area contributed by atoms with Crippen LogP contribution in [0.2, 0.25) is 0 Å². The number of hydrogen-bond donors (Lipinski definition) is 0. The summed E-state index contributed by atoms with van der Waals surface area (Å²) in [4.78, 5) is 0. The molecule has 0 spiro atoms. The van der Waals surface area contributed by atoms with Crippen molar-refractivity contribution >= 4 is 59.9 Å². The number of para-hydroxylation sites is 3. The van der Waals surface area contributed by atoms with Crippen molar-refractivity contribution in [2.75, 3.05) is 0 Å². The van der Waals surface area contributed by atoms with E-state index in [9.17, 15) is 0 Å². The lowest BCUT2D eigenvalue weighted by Crippen LogP contribution is -1.95. The predicted octanol–water partition coefficient (Wildman–Crippen LogP) is 10.2. The minimum Gasteiger partial charge on any atom is -0.309 e. The average molecular weight is 509 g/mol. The highest BCUT2D eigenvalue weighted by molar-refractivity contribution is 6.22. The maximum atomic E-state index is 2.43. The van der Waals surface area contributed by atoms with E-state index in [4.69, 9.17) is 0 Å². The van der Waals surface area contributed by atoms with Crippen molar-refractivity contribution in [2.45, 2.75) is 0 Å². The summed E-state index contributed by atoms with van der Waals surface area (Å²) >= 11 is 0. The van der Waals surface area contributed by atoms with Gasteiger partial charge in [-0.05, 0) is 65.0 Å². The van der Waals surface area contributed by atoms with Crippen LogP contribution in [0.1, 0.15) is 0 Å².